The fraction of sp³-hybridized carbons (Fsp3) is 0.294. The van der Waals surface area contributed by atoms with Crippen LogP contribution in [0.4, 0.5) is 11.5 Å². The number of nitrogen functional groups attached to an aromatic ring is 1. The van der Waals surface area contributed by atoms with Gasteiger partial charge in [0.1, 0.15) is 11.5 Å². The van der Waals surface area contributed by atoms with Gasteiger partial charge in [-0.05, 0) is 36.8 Å². The number of aromatic nitrogens is 1. The van der Waals surface area contributed by atoms with Crippen molar-refractivity contribution >= 4 is 29.8 Å². The van der Waals surface area contributed by atoms with E-state index in [0.717, 1.165) is 13.1 Å². The lowest BCUT2D eigenvalue weighted by Crippen LogP contribution is -2.49. The molecule has 1 amide bonds. The molecule has 1 aromatic heterocycles. The SMILES string of the molecule is Cc1cccc(N2CCN(C(=O)c3cccc(N)n3)CC2)c1.Cl. The van der Waals surface area contributed by atoms with Crippen molar-refractivity contribution in [3.8, 4) is 0 Å². The van der Waals surface area contributed by atoms with Gasteiger partial charge in [0.15, 0.2) is 0 Å². The average Bonchev–Trinajstić information content (AvgIpc) is 2.54. The van der Waals surface area contributed by atoms with E-state index in [9.17, 15) is 4.79 Å². The number of anilines is 2. The van der Waals surface area contributed by atoms with E-state index < -0.39 is 0 Å². The molecule has 1 aromatic carbocycles. The van der Waals surface area contributed by atoms with Crippen LogP contribution in [0.1, 0.15) is 16.1 Å². The number of carbonyl (C=O) groups is 1. The summed E-state index contributed by atoms with van der Waals surface area (Å²) < 4.78 is 0. The van der Waals surface area contributed by atoms with Gasteiger partial charge in [-0.2, -0.15) is 0 Å². The summed E-state index contributed by atoms with van der Waals surface area (Å²) in [6, 6.07) is 13.6. The summed E-state index contributed by atoms with van der Waals surface area (Å²) in [5, 5.41) is 0. The lowest BCUT2D eigenvalue weighted by molar-refractivity contribution is 0.0741. The fourth-order valence-corrected chi connectivity index (χ4v) is 2.72. The number of aryl methyl sites for hydroxylation is 1. The second kappa shape index (κ2) is 7.33. The van der Waals surface area contributed by atoms with Crippen LogP contribution in [-0.2, 0) is 0 Å². The van der Waals surface area contributed by atoms with Crippen LogP contribution in [0.15, 0.2) is 42.5 Å². The molecule has 2 aromatic rings. The Kier molecular flexibility index (Phi) is 5.45. The zero-order valence-electron chi connectivity index (χ0n) is 13.1. The molecule has 6 heteroatoms. The molecule has 23 heavy (non-hydrogen) atoms. The summed E-state index contributed by atoms with van der Waals surface area (Å²) in [5.74, 6) is 0.334. The molecule has 0 saturated carbocycles. The number of amides is 1. The van der Waals surface area contributed by atoms with Crippen molar-refractivity contribution in [3.05, 3.63) is 53.7 Å². The monoisotopic (exact) mass is 332 g/mol. The first-order valence-electron chi connectivity index (χ1n) is 7.47. The highest BCUT2D eigenvalue weighted by molar-refractivity contribution is 5.92. The van der Waals surface area contributed by atoms with E-state index >= 15 is 0 Å². The Balaban J connectivity index is 0.00000192. The van der Waals surface area contributed by atoms with Gasteiger partial charge in [-0.1, -0.05) is 18.2 Å². The zero-order chi connectivity index (χ0) is 15.5. The van der Waals surface area contributed by atoms with Gasteiger partial charge in [0, 0.05) is 31.9 Å². The number of benzene rings is 1. The first kappa shape index (κ1) is 17.1. The fourth-order valence-electron chi connectivity index (χ4n) is 2.72. The topological polar surface area (TPSA) is 62.5 Å². The summed E-state index contributed by atoms with van der Waals surface area (Å²) in [7, 11) is 0. The Morgan fingerprint density at radius 3 is 2.43 bits per heavy atom. The van der Waals surface area contributed by atoms with Crippen LogP contribution in [-0.4, -0.2) is 42.0 Å². The Hall–Kier alpha value is -2.27. The molecule has 1 aliphatic heterocycles. The van der Waals surface area contributed by atoms with Crippen LogP contribution in [0.25, 0.3) is 0 Å². The van der Waals surface area contributed by atoms with Gasteiger partial charge in [-0.3, -0.25) is 4.79 Å². The standard InChI is InChI=1S/C17H20N4O.ClH/c1-13-4-2-5-14(12-13)20-8-10-21(11-9-20)17(22)15-6-3-7-16(18)19-15;/h2-7,12H,8-11H2,1H3,(H2,18,19);1H. The zero-order valence-corrected chi connectivity index (χ0v) is 13.9. The number of halogens is 1. The highest BCUT2D eigenvalue weighted by atomic mass is 35.5. The van der Waals surface area contributed by atoms with Crippen LogP contribution in [0.5, 0.6) is 0 Å². The highest BCUT2D eigenvalue weighted by Crippen LogP contribution is 2.18. The molecule has 1 fully saturated rings. The van der Waals surface area contributed by atoms with Gasteiger partial charge >= 0.3 is 0 Å². The lowest BCUT2D eigenvalue weighted by atomic mass is 10.2. The molecule has 0 unspecified atom stereocenters. The molecular weight excluding hydrogens is 312 g/mol. The van der Waals surface area contributed by atoms with Gasteiger partial charge in [0.05, 0.1) is 0 Å². The number of hydrogen-bond acceptors (Lipinski definition) is 4. The number of piperazine rings is 1. The second-order valence-electron chi connectivity index (χ2n) is 5.57. The molecule has 0 atom stereocenters. The van der Waals surface area contributed by atoms with Crippen molar-refractivity contribution in [2.45, 2.75) is 6.92 Å². The largest absolute Gasteiger partial charge is 0.384 e. The third-order valence-corrected chi connectivity index (χ3v) is 3.92. The van der Waals surface area contributed by atoms with E-state index in [4.69, 9.17) is 5.73 Å². The van der Waals surface area contributed by atoms with E-state index in [1.807, 2.05) is 4.90 Å². The second-order valence-corrected chi connectivity index (χ2v) is 5.57. The number of carbonyl (C=O) groups excluding carboxylic acids is 1. The maximum atomic E-state index is 12.4. The highest BCUT2D eigenvalue weighted by Gasteiger charge is 2.23. The number of nitrogens with zero attached hydrogens (tertiary/aromatic N) is 3. The molecule has 1 aliphatic rings. The summed E-state index contributed by atoms with van der Waals surface area (Å²) in [4.78, 5) is 20.7. The van der Waals surface area contributed by atoms with Crippen molar-refractivity contribution in [2.24, 2.45) is 0 Å². The normalized spacial score (nSPS) is 14.3. The molecule has 0 bridgehead atoms. The maximum Gasteiger partial charge on any atom is 0.272 e. The Bertz CT molecular complexity index is 684. The quantitative estimate of drug-likeness (QED) is 0.917. The molecule has 0 spiro atoms. The molecule has 0 aliphatic carbocycles. The van der Waals surface area contributed by atoms with E-state index in [-0.39, 0.29) is 18.3 Å². The van der Waals surface area contributed by atoms with Gasteiger partial charge in [0.2, 0.25) is 0 Å². The van der Waals surface area contributed by atoms with Crippen molar-refractivity contribution in [2.75, 3.05) is 36.8 Å². The molecule has 0 radical (unpaired) electrons. The predicted octanol–water partition coefficient (Wildman–Crippen LogP) is 2.36. The predicted molar refractivity (Wildman–Crippen MR) is 95.2 cm³/mol. The van der Waals surface area contributed by atoms with Crippen LogP contribution >= 0.6 is 12.4 Å². The van der Waals surface area contributed by atoms with Crippen molar-refractivity contribution in [3.63, 3.8) is 0 Å². The van der Waals surface area contributed by atoms with Crippen LogP contribution < -0.4 is 10.6 Å². The summed E-state index contributed by atoms with van der Waals surface area (Å²) in [5.41, 5.74) is 8.54. The molecule has 122 valence electrons. The minimum absolute atomic E-state index is 0. The summed E-state index contributed by atoms with van der Waals surface area (Å²) >= 11 is 0. The smallest absolute Gasteiger partial charge is 0.272 e. The van der Waals surface area contributed by atoms with E-state index in [0.29, 0.717) is 24.6 Å². The molecular formula is C17H21ClN4O. The Morgan fingerprint density at radius 1 is 1.09 bits per heavy atom. The van der Waals surface area contributed by atoms with Gasteiger partial charge in [-0.15, -0.1) is 12.4 Å². The van der Waals surface area contributed by atoms with E-state index in [1.54, 1.807) is 18.2 Å². The summed E-state index contributed by atoms with van der Waals surface area (Å²) in [6.07, 6.45) is 0. The first-order chi connectivity index (χ1) is 10.6. The first-order valence-corrected chi connectivity index (χ1v) is 7.47. The van der Waals surface area contributed by atoms with Crippen molar-refractivity contribution in [1.82, 2.24) is 9.88 Å². The Morgan fingerprint density at radius 2 is 1.78 bits per heavy atom. The van der Waals surface area contributed by atoms with Crippen LogP contribution in [0.2, 0.25) is 0 Å². The van der Waals surface area contributed by atoms with Gasteiger partial charge < -0.3 is 15.5 Å². The minimum atomic E-state index is -0.0452. The van der Waals surface area contributed by atoms with Gasteiger partial charge in [-0.25, -0.2) is 4.98 Å². The minimum Gasteiger partial charge on any atom is -0.384 e. The lowest BCUT2D eigenvalue weighted by Gasteiger charge is -2.36. The molecule has 5 nitrogen and oxygen atoms in total. The van der Waals surface area contributed by atoms with Gasteiger partial charge in [0.25, 0.3) is 5.91 Å². The van der Waals surface area contributed by atoms with Crippen molar-refractivity contribution < 1.29 is 4.79 Å². The average molecular weight is 333 g/mol. The molecule has 1 saturated heterocycles. The van der Waals surface area contributed by atoms with E-state index in [1.165, 1.54) is 11.3 Å². The van der Waals surface area contributed by atoms with Crippen LogP contribution in [0, 0.1) is 6.92 Å². The number of pyridine rings is 1. The number of nitrogens with two attached hydrogens (primary N) is 1. The molecule has 2 heterocycles. The maximum absolute atomic E-state index is 12.4. The molecule has 2 N–H and O–H groups in total. The van der Waals surface area contributed by atoms with Crippen molar-refractivity contribution in [1.29, 1.82) is 0 Å². The number of hydrogen-bond donors (Lipinski definition) is 1. The van der Waals surface area contributed by atoms with Crippen LogP contribution in [0.3, 0.4) is 0 Å². The third-order valence-electron chi connectivity index (χ3n) is 3.92. The number of rotatable bonds is 2. The molecule has 3 rings (SSSR count). The Labute approximate surface area is 142 Å². The third kappa shape index (κ3) is 3.93. The summed E-state index contributed by atoms with van der Waals surface area (Å²) in [6.45, 7) is 5.15. The van der Waals surface area contributed by atoms with E-state index in [2.05, 4.69) is 41.1 Å².